The lowest BCUT2D eigenvalue weighted by atomic mass is 9.99. The first-order valence-electron chi connectivity index (χ1n) is 9.26. The summed E-state index contributed by atoms with van der Waals surface area (Å²) >= 11 is 0. The second-order valence-corrected chi connectivity index (χ2v) is 6.94. The molecular formula is C21H22O10. The minimum absolute atomic E-state index is 0.0508. The van der Waals surface area contributed by atoms with E-state index >= 15 is 0 Å². The van der Waals surface area contributed by atoms with Gasteiger partial charge >= 0.3 is 0 Å². The highest BCUT2D eigenvalue weighted by molar-refractivity contribution is 6.10. The van der Waals surface area contributed by atoms with Crippen LogP contribution >= 0.6 is 0 Å². The second-order valence-electron chi connectivity index (χ2n) is 6.94. The Bertz CT molecular complexity index is 953. The van der Waals surface area contributed by atoms with Crippen molar-refractivity contribution >= 4 is 11.9 Å². The number of phenolic OH excluding ortho intramolecular Hbond substituents is 3. The number of aromatic hydroxyl groups is 3. The largest absolute Gasteiger partial charge is 0.508 e. The molecule has 166 valence electrons. The molecule has 2 aromatic carbocycles. The standard InChI is InChI=1S/C21H22O10/c22-9-16-18(27)19(28)20(29)21(31-16)30-15-8-12(24)7-14(26)17(15)13(25)6-3-10-1-4-11(23)5-2-10/h1-8,16,18-24,26-29H,9H2/t16-,18-,19+,20-,21-/m1/s1. The van der Waals surface area contributed by atoms with Crippen molar-refractivity contribution < 1.29 is 50.0 Å². The Hall–Kier alpha value is -3.15. The lowest BCUT2D eigenvalue weighted by Gasteiger charge is -2.39. The van der Waals surface area contributed by atoms with Crippen molar-refractivity contribution in [3.05, 3.63) is 53.6 Å². The molecule has 10 nitrogen and oxygen atoms in total. The van der Waals surface area contributed by atoms with Crippen LogP contribution in [0, 0.1) is 0 Å². The molecule has 0 saturated carbocycles. The molecule has 0 aliphatic carbocycles. The molecule has 10 heteroatoms. The number of benzene rings is 2. The van der Waals surface area contributed by atoms with Gasteiger partial charge in [0.15, 0.2) is 5.78 Å². The number of allylic oxidation sites excluding steroid dienone is 1. The summed E-state index contributed by atoms with van der Waals surface area (Å²) in [5.41, 5.74) is 0.227. The molecule has 1 aliphatic heterocycles. The minimum atomic E-state index is -1.75. The van der Waals surface area contributed by atoms with Crippen molar-refractivity contribution in [3.8, 4) is 23.0 Å². The monoisotopic (exact) mass is 434 g/mol. The van der Waals surface area contributed by atoms with Crippen molar-refractivity contribution in [2.75, 3.05) is 6.61 Å². The van der Waals surface area contributed by atoms with Crippen molar-refractivity contribution in [3.63, 3.8) is 0 Å². The molecule has 1 heterocycles. The number of rotatable bonds is 6. The molecule has 1 fully saturated rings. The molecule has 0 bridgehead atoms. The maximum atomic E-state index is 12.7. The van der Waals surface area contributed by atoms with Crippen molar-refractivity contribution in [1.82, 2.24) is 0 Å². The van der Waals surface area contributed by atoms with E-state index in [1.165, 1.54) is 18.2 Å². The number of hydrogen-bond donors (Lipinski definition) is 7. The molecule has 0 unspecified atom stereocenters. The zero-order chi connectivity index (χ0) is 22.7. The molecule has 1 saturated heterocycles. The third-order valence-electron chi connectivity index (χ3n) is 4.72. The van der Waals surface area contributed by atoms with Crippen LogP contribution in [-0.2, 0) is 4.74 Å². The van der Waals surface area contributed by atoms with Gasteiger partial charge in [0.25, 0.3) is 0 Å². The number of ether oxygens (including phenoxy) is 2. The second kappa shape index (κ2) is 9.33. The Morgan fingerprint density at radius 1 is 0.968 bits per heavy atom. The van der Waals surface area contributed by atoms with Crippen LogP contribution in [0.15, 0.2) is 42.5 Å². The van der Waals surface area contributed by atoms with Gasteiger partial charge in [-0.25, -0.2) is 0 Å². The highest BCUT2D eigenvalue weighted by Gasteiger charge is 2.45. The molecular weight excluding hydrogens is 412 g/mol. The average molecular weight is 434 g/mol. The van der Waals surface area contributed by atoms with Gasteiger partial charge in [-0.1, -0.05) is 18.2 Å². The fourth-order valence-corrected chi connectivity index (χ4v) is 3.06. The van der Waals surface area contributed by atoms with Crippen LogP contribution in [0.1, 0.15) is 15.9 Å². The number of aliphatic hydroxyl groups is 4. The topological polar surface area (TPSA) is 177 Å². The maximum Gasteiger partial charge on any atom is 0.229 e. The van der Waals surface area contributed by atoms with E-state index in [1.54, 1.807) is 12.1 Å². The SMILES string of the molecule is O=C(C=Cc1ccc(O)cc1)c1c(O)cc(O)cc1O[C@@H]1O[C@H](CO)[C@@H](O)[C@H](O)[C@H]1O. The Balaban J connectivity index is 1.89. The summed E-state index contributed by atoms with van der Waals surface area (Å²) in [6.45, 7) is -0.683. The average Bonchev–Trinajstić information content (AvgIpc) is 2.73. The van der Waals surface area contributed by atoms with Crippen LogP contribution in [0.25, 0.3) is 6.08 Å². The zero-order valence-electron chi connectivity index (χ0n) is 16.1. The number of ketones is 1. The fourth-order valence-electron chi connectivity index (χ4n) is 3.06. The molecule has 5 atom stereocenters. The van der Waals surface area contributed by atoms with Crippen molar-refractivity contribution in [1.29, 1.82) is 0 Å². The van der Waals surface area contributed by atoms with Gasteiger partial charge in [0.2, 0.25) is 6.29 Å². The van der Waals surface area contributed by atoms with Gasteiger partial charge in [-0.15, -0.1) is 0 Å². The summed E-state index contributed by atoms with van der Waals surface area (Å²) in [6.07, 6.45) is -5.39. The van der Waals surface area contributed by atoms with Crippen LogP contribution in [0.2, 0.25) is 0 Å². The maximum absolute atomic E-state index is 12.7. The summed E-state index contributed by atoms with van der Waals surface area (Å²) in [6, 6.07) is 7.89. The molecule has 3 rings (SSSR count). The third kappa shape index (κ3) is 4.95. The van der Waals surface area contributed by atoms with Crippen molar-refractivity contribution in [2.24, 2.45) is 0 Å². The highest BCUT2D eigenvalue weighted by Crippen LogP contribution is 2.36. The Morgan fingerprint density at radius 2 is 1.65 bits per heavy atom. The number of carbonyl (C=O) groups excluding carboxylic acids is 1. The molecule has 0 aromatic heterocycles. The van der Waals surface area contributed by atoms with E-state index in [0.29, 0.717) is 5.56 Å². The Kier molecular flexibility index (Phi) is 6.78. The van der Waals surface area contributed by atoms with Gasteiger partial charge < -0.3 is 45.2 Å². The molecule has 2 aromatic rings. The predicted octanol–water partition coefficient (Wildman–Crippen LogP) is -0.122. The van der Waals surface area contributed by atoms with Crippen LogP contribution in [-0.4, -0.2) is 78.8 Å². The molecule has 1 aliphatic rings. The predicted molar refractivity (Wildman–Crippen MR) is 106 cm³/mol. The van der Waals surface area contributed by atoms with Crippen LogP contribution in [0.4, 0.5) is 0 Å². The smallest absolute Gasteiger partial charge is 0.229 e. The third-order valence-corrected chi connectivity index (χ3v) is 4.72. The molecule has 7 N–H and O–H groups in total. The molecule has 0 spiro atoms. The van der Waals surface area contributed by atoms with E-state index in [-0.39, 0.29) is 17.1 Å². The highest BCUT2D eigenvalue weighted by atomic mass is 16.7. The summed E-state index contributed by atoms with van der Waals surface area (Å²) in [5, 5.41) is 68.5. The van der Waals surface area contributed by atoms with Gasteiger partial charge in [-0.05, 0) is 23.8 Å². The molecule has 0 radical (unpaired) electrons. The quantitative estimate of drug-likeness (QED) is 0.239. The summed E-state index contributed by atoms with van der Waals surface area (Å²) < 4.78 is 10.7. The fraction of sp³-hybridized carbons (Fsp3) is 0.286. The van der Waals surface area contributed by atoms with E-state index in [1.807, 2.05) is 0 Å². The normalized spacial score (nSPS) is 26.1. The lowest BCUT2D eigenvalue weighted by Crippen LogP contribution is -2.60. The molecule has 0 amide bonds. The van der Waals surface area contributed by atoms with Gasteiger partial charge in [-0.3, -0.25) is 4.79 Å². The van der Waals surface area contributed by atoms with E-state index < -0.39 is 54.6 Å². The first kappa shape index (κ1) is 22.5. The summed E-state index contributed by atoms with van der Waals surface area (Å²) in [7, 11) is 0. The van der Waals surface area contributed by atoms with Crippen LogP contribution in [0.3, 0.4) is 0 Å². The zero-order valence-corrected chi connectivity index (χ0v) is 16.1. The van der Waals surface area contributed by atoms with Gasteiger partial charge in [0.05, 0.1) is 6.61 Å². The van der Waals surface area contributed by atoms with Crippen LogP contribution in [0.5, 0.6) is 23.0 Å². The van der Waals surface area contributed by atoms with Gasteiger partial charge in [-0.2, -0.15) is 0 Å². The number of carbonyl (C=O) groups is 1. The van der Waals surface area contributed by atoms with Crippen molar-refractivity contribution in [2.45, 2.75) is 30.7 Å². The van der Waals surface area contributed by atoms with Gasteiger partial charge in [0, 0.05) is 12.1 Å². The Labute approximate surface area is 176 Å². The molecule has 31 heavy (non-hydrogen) atoms. The van der Waals surface area contributed by atoms with E-state index in [9.17, 15) is 40.5 Å². The van der Waals surface area contributed by atoms with Gasteiger partial charge in [0.1, 0.15) is 53.0 Å². The number of phenols is 3. The first-order chi connectivity index (χ1) is 14.7. The summed E-state index contributed by atoms with van der Waals surface area (Å²) in [5.74, 6) is -2.08. The van der Waals surface area contributed by atoms with E-state index in [4.69, 9.17) is 9.47 Å². The number of hydrogen-bond acceptors (Lipinski definition) is 10. The first-order valence-corrected chi connectivity index (χ1v) is 9.26. The lowest BCUT2D eigenvalue weighted by molar-refractivity contribution is -0.277. The van der Waals surface area contributed by atoms with E-state index in [2.05, 4.69) is 0 Å². The summed E-state index contributed by atoms with van der Waals surface area (Å²) in [4.78, 5) is 12.7. The minimum Gasteiger partial charge on any atom is -0.508 e. The number of aliphatic hydroxyl groups excluding tert-OH is 4. The van der Waals surface area contributed by atoms with E-state index in [0.717, 1.165) is 18.2 Å². The van der Waals surface area contributed by atoms with Crippen LogP contribution < -0.4 is 4.74 Å². The Morgan fingerprint density at radius 3 is 2.29 bits per heavy atom.